The maximum atomic E-state index is 13.8. The number of hydrogen-bond acceptors (Lipinski definition) is 11. The van der Waals surface area contributed by atoms with E-state index in [0.29, 0.717) is 67.9 Å². The molecule has 14 aromatic rings. The van der Waals surface area contributed by atoms with E-state index in [1.54, 1.807) is 49.1 Å². The van der Waals surface area contributed by atoms with Crippen molar-refractivity contribution >= 4 is 65.8 Å². The average Bonchev–Trinajstić information content (AvgIpc) is 1.93. The Morgan fingerprint density at radius 2 is 1.02 bits per heavy atom. The van der Waals surface area contributed by atoms with Crippen LogP contribution in [0.25, 0.3) is 122 Å². The summed E-state index contributed by atoms with van der Waals surface area (Å²) in [5.74, 6) is 0. The van der Waals surface area contributed by atoms with E-state index in [0.717, 1.165) is 134 Å². The third-order valence-corrected chi connectivity index (χ3v) is 18.6. The van der Waals surface area contributed by atoms with Crippen LogP contribution in [0.15, 0.2) is 224 Å². The fourth-order valence-electron chi connectivity index (χ4n) is 14.4. The molecule has 0 atom stereocenters. The predicted octanol–water partition coefficient (Wildman–Crippen LogP) is 17.2. The SMILES string of the molecule is [2H]C([2H])([2H])c1ccc2c(n1)oc1c(-c3cc(-c4ccc(-c5ccccc5)cc4)c(-c4ccccc4-c4cc(CC5(c6cnc7c(c6)c(=O)oc6ccncc67)CCCC5)cc(CC5(c6cnc7c(c6)c(=O)oc6ccncc67)CCCC5)c4)cn3)cccc12. The zero-order valence-electron chi connectivity index (χ0n) is 49.8. The minimum absolute atomic E-state index is 0.0311. The van der Waals surface area contributed by atoms with Gasteiger partial charge in [0, 0.05) is 85.9 Å². The smallest absolute Gasteiger partial charge is 0.345 e. The minimum atomic E-state index is -2.40. The summed E-state index contributed by atoms with van der Waals surface area (Å²) in [5, 5.41) is 3.82. The van der Waals surface area contributed by atoms with Crippen molar-refractivity contribution in [2.24, 2.45) is 0 Å². The number of benzene rings is 5. The van der Waals surface area contributed by atoms with Crippen LogP contribution < -0.4 is 11.3 Å². The van der Waals surface area contributed by atoms with E-state index in [9.17, 15) is 9.59 Å². The van der Waals surface area contributed by atoms with Gasteiger partial charge in [-0.25, -0.2) is 14.6 Å². The molecule has 16 rings (SSSR count). The highest BCUT2D eigenvalue weighted by Crippen LogP contribution is 2.49. The number of para-hydroxylation sites is 1. The lowest BCUT2D eigenvalue weighted by molar-refractivity contribution is 0.431. The lowest BCUT2D eigenvalue weighted by atomic mass is 9.72. The molecule has 11 nitrogen and oxygen atoms in total. The molecule has 9 aromatic heterocycles. The Labute approximate surface area is 498 Å². The van der Waals surface area contributed by atoms with Crippen molar-refractivity contribution in [3.8, 4) is 55.8 Å². The number of rotatable bonds is 11. The van der Waals surface area contributed by atoms with Crippen molar-refractivity contribution in [3.63, 3.8) is 0 Å². The van der Waals surface area contributed by atoms with Crippen molar-refractivity contribution in [3.05, 3.63) is 250 Å². The Bertz CT molecular complexity index is 5110. The maximum absolute atomic E-state index is 13.8. The molecule has 2 fully saturated rings. The zero-order valence-corrected chi connectivity index (χ0v) is 46.8. The molecule has 86 heavy (non-hydrogen) atoms. The molecule has 0 radical (unpaired) electrons. The lowest BCUT2D eigenvalue weighted by Crippen LogP contribution is -2.27. The molecule has 0 spiro atoms. The van der Waals surface area contributed by atoms with Gasteiger partial charge in [0.25, 0.3) is 0 Å². The molecule has 2 aliphatic rings. The van der Waals surface area contributed by atoms with Crippen molar-refractivity contribution < 1.29 is 17.4 Å². The van der Waals surface area contributed by atoms with Crippen LogP contribution in [-0.2, 0) is 23.7 Å². The third kappa shape index (κ3) is 8.79. The quantitative estimate of drug-likeness (QED) is 0.114. The van der Waals surface area contributed by atoms with Gasteiger partial charge in [0.1, 0.15) is 16.7 Å². The summed E-state index contributed by atoms with van der Waals surface area (Å²) in [4.78, 5) is 56.1. The molecule has 2 aliphatic carbocycles. The highest BCUT2D eigenvalue weighted by atomic mass is 16.4. The van der Waals surface area contributed by atoms with Gasteiger partial charge in [-0.15, -0.1) is 0 Å². The van der Waals surface area contributed by atoms with E-state index in [4.69, 9.17) is 32.3 Å². The van der Waals surface area contributed by atoms with Gasteiger partial charge in [-0.2, -0.15) is 0 Å². The molecule has 0 N–H and O–H groups in total. The first-order chi connectivity index (χ1) is 43.4. The van der Waals surface area contributed by atoms with Gasteiger partial charge in [0.2, 0.25) is 5.71 Å². The molecular formula is C75H56N6O5. The molecule has 0 aliphatic heterocycles. The Morgan fingerprint density at radius 3 is 1.65 bits per heavy atom. The predicted molar refractivity (Wildman–Crippen MR) is 340 cm³/mol. The van der Waals surface area contributed by atoms with Crippen molar-refractivity contribution in [2.75, 3.05) is 0 Å². The fraction of sp³-hybridized carbons (Fsp3) is 0.173. The average molecular weight is 1120 g/mol. The van der Waals surface area contributed by atoms with Gasteiger partial charge in [-0.1, -0.05) is 135 Å². The van der Waals surface area contributed by atoms with E-state index in [1.807, 2.05) is 67.1 Å². The van der Waals surface area contributed by atoms with Crippen molar-refractivity contribution in [2.45, 2.75) is 81.9 Å². The summed E-state index contributed by atoms with van der Waals surface area (Å²) in [7, 11) is 0. The maximum Gasteiger partial charge on any atom is 0.345 e. The third-order valence-electron chi connectivity index (χ3n) is 18.6. The van der Waals surface area contributed by atoms with Crippen LogP contribution in [0.2, 0.25) is 0 Å². The molecule has 5 aromatic carbocycles. The first-order valence-electron chi connectivity index (χ1n) is 31.0. The Morgan fingerprint density at radius 1 is 0.442 bits per heavy atom. The van der Waals surface area contributed by atoms with Gasteiger partial charge in [0.05, 0.1) is 38.3 Å². The summed E-state index contributed by atoms with van der Waals surface area (Å²) in [5.41, 5.74) is 15.3. The number of fused-ring (bicyclic) bond motifs is 9. The number of aromatic nitrogens is 6. The number of nitrogens with zero attached hydrogens (tertiary/aromatic N) is 6. The Balaban J connectivity index is 0.865. The largest absolute Gasteiger partial charge is 0.437 e. The summed E-state index contributed by atoms with van der Waals surface area (Å²) < 4.78 is 42.4. The van der Waals surface area contributed by atoms with E-state index < -0.39 is 18.1 Å². The van der Waals surface area contributed by atoms with Crippen molar-refractivity contribution in [1.29, 1.82) is 0 Å². The highest BCUT2D eigenvalue weighted by Gasteiger charge is 2.39. The molecule has 0 bridgehead atoms. The van der Waals surface area contributed by atoms with Crippen LogP contribution in [0.1, 0.15) is 83.4 Å². The molecule has 2 saturated carbocycles. The first-order valence-corrected chi connectivity index (χ1v) is 29.5. The van der Waals surface area contributed by atoms with Gasteiger partial charge in [0.15, 0.2) is 0 Å². The monoisotopic (exact) mass is 1120 g/mol. The lowest BCUT2D eigenvalue weighted by Gasteiger charge is -2.32. The normalized spacial score (nSPS) is 15.5. The van der Waals surface area contributed by atoms with Crippen LogP contribution in [0.4, 0.5) is 0 Å². The zero-order chi connectivity index (χ0) is 60.0. The molecule has 0 saturated heterocycles. The van der Waals surface area contributed by atoms with Crippen LogP contribution in [0.5, 0.6) is 0 Å². The van der Waals surface area contributed by atoms with Crippen LogP contribution in [-0.4, -0.2) is 29.9 Å². The molecule has 0 amide bonds. The minimum Gasteiger partial charge on any atom is -0.437 e. The fourth-order valence-corrected chi connectivity index (χ4v) is 14.4. The summed E-state index contributed by atoms with van der Waals surface area (Å²) in [6.45, 7) is -2.40. The summed E-state index contributed by atoms with van der Waals surface area (Å²) in [6, 6.07) is 53.5. The number of hydrogen-bond donors (Lipinski definition) is 0. The molecule has 0 unspecified atom stereocenters. The first kappa shape index (κ1) is 48.1. The van der Waals surface area contributed by atoms with Gasteiger partial charge in [-0.05, 0) is 155 Å². The number of pyridine rings is 6. The Hall–Kier alpha value is -10.3. The second-order valence-electron chi connectivity index (χ2n) is 23.6. The van der Waals surface area contributed by atoms with Gasteiger partial charge in [-0.3, -0.25) is 24.9 Å². The van der Waals surface area contributed by atoms with E-state index in [-0.39, 0.29) is 22.2 Å². The molecule has 416 valence electrons. The second kappa shape index (κ2) is 20.5. The molecule has 9 heterocycles. The number of aryl methyl sites for hydroxylation is 1. The highest BCUT2D eigenvalue weighted by molar-refractivity contribution is 6.09. The van der Waals surface area contributed by atoms with Gasteiger partial charge < -0.3 is 13.3 Å². The van der Waals surface area contributed by atoms with E-state index >= 15 is 0 Å². The van der Waals surface area contributed by atoms with Crippen LogP contribution in [0.3, 0.4) is 0 Å². The summed E-state index contributed by atoms with van der Waals surface area (Å²) >= 11 is 0. The summed E-state index contributed by atoms with van der Waals surface area (Å²) in [6.07, 6.45) is 21.8. The Kier molecular flexibility index (Phi) is 11.5. The van der Waals surface area contributed by atoms with Crippen LogP contribution in [0, 0.1) is 6.85 Å². The standard InChI is InChI=1S/C75H56N6O5/c1-45-18-23-57-56-16-11-17-58(70(56)86-71(57)81-45)65-37-59(50-21-19-49(20-22-50)48-12-3-2-4-13-48)62(44-78-65)55-15-6-5-14-54(55)51-33-46(38-74(26-7-8-27-74)52-35-60-68(79-40-52)63-42-76-30-24-66(63)84-72(60)82)32-47(34-51)39-75(28-9-10-29-75)53-36-61-69(80-41-53)64-43-77-31-25-67(64)85-73(61)83/h2-6,11-25,30-37,40-44H,7-10,26-29,38-39H2,1H3/i1D3. The number of furan rings is 1. The van der Waals surface area contributed by atoms with E-state index in [1.165, 1.54) is 0 Å². The van der Waals surface area contributed by atoms with Gasteiger partial charge >= 0.3 is 11.3 Å². The van der Waals surface area contributed by atoms with Crippen LogP contribution >= 0.6 is 0 Å². The molecule has 11 heteroatoms. The molecular weight excluding hydrogens is 1060 g/mol. The van der Waals surface area contributed by atoms with E-state index in [2.05, 4.69) is 99.9 Å². The topological polar surface area (TPSA) is 151 Å². The van der Waals surface area contributed by atoms with Crippen molar-refractivity contribution in [1.82, 2.24) is 29.9 Å². The second-order valence-corrected chi connectivity index (χ2v) is 23.6.